The summed E-state index contributed by atoms with van der Waals surface area (Å²) in [6.45, 7) is 3.85. The monoisotopic (exact) mass is 584 g/mol. The number of nitrogens with zero attached hydrogens (tertiary/aromatic N) is 1. The number of hydrogen-bond acceptors (Lipinski definition) is 9. The van der Waals surface area contributed by atoms with Gasteiger partial charge in [-0.25, -0.2) is 9.78 Å². The van der Waals surface area contributed by atoms with E-state index in [-0.39, 0.29) is 43.5 Å². The van der Waals surface area contributed by atoms with E-state index < -0.39 is 18.0 Å². The second kappa shape index (κ2) is 16.5. The number of ether oxygens (including phenoxy) is 2. The number of H-pyrrole nitrogens is 1. The van der Waals surface area contributed by atoms with E-state index in [1.54, 1.807) is 26.0 Å². The van der Waals surface area contributed by atoms with E-state index in [2.05, 4.69) is 15.3 Å². The lowest BCUT2D eigenvalue weighted by Gasteiger charge is -2.17. The number of fused-ring (bicyclic) bond motifs is 1. The Bertz CT molecular complexity index is 1350. The number of thiophene rings is 1. The third-order valence-corrected chi connectivity index (χ3v) is 7.73. The molecule has 0 saturated carbocycles. The average Bonchev–Trinajstić information content (AvgIpc) is 3.36. The molecule has 0 spiro atoms. The molecule has 41 heavy (non-hydrogen) atoms. The number of anilines is 1. The molecule has 3 aromatic rings. The highest BCUT2D eigenvalue weighted by Gasteiger charge is 2.24. The van der Waals surface area contributed by atoms with Crippen LogP contribution in [-0.4, -0.2) is 47.1 Å². The Morgan fingerprint density at radius 3 is 2.32 bits per heavy atom. The third-order valence-electron chi connectivity index (χ3n) is 6.65. The zero-order valence-electron chi connectivity index (χ0n) is 23.8. The number of benzene rings is 1. The van der Waals surface area contributed by atoms with Gasteiger partial charge in [-0.3, -0.25) is 19.4 Å². The van der Waals surface area contributed by atoms with Crippen molar-refractivity contribution in [3.05, 3.63) is 56.7 Å². The fourth-order valence-electron chi connectivity index (χ4n) is 4.51. The number of hydrogen-bond donors (Lipinski definition) is 3. The molecule has 0 aliphatic carbocycles. The molecule has 3 rings (SSSR count). The largest absolute Gasteiger partial charge is 0.466 e. The molecule has 11 heteroatoms. The summed E-state index contributed by atoms with van der Waals surface area (Å²) in [7, 11) is 0. The van der Waals surface area contributed by atoms with Gasteiger partial charge < -0.3 is 20.5 Å². The number of esters is 2. The number of amides is 1. The van der Waals surface area contributed by atoms with Gasteiger partial charge in [-0.2, -0.15) is 0 Å². The molecule has 2 heterocycles. The van der Waals surface area contributed by atoms with Gasteiger partial charge in [-0.05, 0) is 69.7 Å². The number of nitrogens with two attached hydrogens (primary N) is 1. The van der Waals surface area contributed by atoms with E-state index in [9.17, 15) is 19.2 Å². The number of aryl methyl sites for hydroxylation is 2. The van der Waals surface area contributed by atoms with Crippen molar-refractivity contribution in [2.45, 2.75) is 84.1 Å². The van der Waals surface area contributed by atoms with Gasteiger partial charge in [0.25, 0.3) is 11.5 Å². The maximum absolute atomic E-state index is 12.7. The molecule has 1 amide bonds. The van der Waals surface area contributed by atoms with Crippen molar-refractivity contribution in [1.82, 2.24) is 15.3 Å². The molecule has 0 fully saturated rings. The fourth-order valence-corrected chi connectivity index (χ4v) is 5.59. The second-order valence-electron chi connectivity index (χ2n) is 9.82. The van der Waals surface area contributed by atoms with Crippen LogP contribution in [0.15, 0.2) is 35.1 Å². The van der Waals surface area contributed by atoms with Gasteiger partial charge in [-0.1, -0.05) is 37.8 Å². The predicted octanol–water partition coefficient (Wildman–Crippen LogP) is 4.70. The molecular weight excluding hydrogens is 544 g/mol. The van der Waals surface area contributed by atoms with Gasteiger partial charge in [0.05, 0.1) is 18.6 Å². The van der Waals surface area contributed by atoms with Gasteiger partial charge >= 0.3 is 11.9 Å². The summed E-state index contributed by atoms with van der Waals surface area (Å²) in [6, 6.07) is 8.38. The number of unbranched alkanes of at least 4 members (excludes halogenated alkanes) is 5. The number of aromatic amines is 1. The van der Waals surface area contributed by atoms with Crippen molar-refractivity contribution >= 4 is 45.3 Å². The summed E-state index contributed by atoms with van der Waals surface area (Å²) in [4.78, 5) is 57.3. The van der Waals surface area contributed by atoms with Gasteiger partial charge in [0, 0.05) is 16.9 Å². The van der Waals surface area contributed by atoms with Crippen LogP contribution in [-0.2, 0) is 31.9 Å². The van der Waals surface area contributed by atoms with Crippen LogP contribution in [0.3, 0.4) is 0 Å². The lowest BCUT2D eigenvalue weighted by atomic mass is 10.0. The van der Waals surface area contributed by atoms with E-state index in [0.29, 0.717) is 15.8 Å². The zero-order valence-corrected chi connectivity index (χ0v) is 24.6. The quantitative estimate of drug-likeness (QED) is 0.152. The van der Waals surface area contributed by atoms with Crippen molar-refractivity contribution in [3.8, 4) is 0 Å². The Labute approximate surface area is 244 Å². The normalized spacial score (nSPS) is 11.8. The molecule has 2 aromatic heterocycles. The Morgan fingerprint density at radius 2 is 1.63 bits per heavy atom. The first-order chi connectivity index (χ1) is 19.8. The summed E-state index contributed by atoms with van der Waals surface area (Å²) in [5, 5.41) is 3.30. The zero-order chi connectivity index (χ0) is 29.6. The molecule has 222 valence electrons. The van der Waals surface area contributed by atoms with E-state index in [4.69, 9.17) is 15.2 Å². The van der Waals surface area contributed by atoms with Crippen LogP contribution in [0.4, 0.5) is 5.95 Å². The van der Waals surface area contributed by atoms with E-state index in [1.807, 2.05) is 18.2 Å². The highest BCUT2D eigenvalue weighted by Crippen LogP contribution is 2.23. The predicted molar refractivity (Wildman–Crippen MR) is 160 cm³/mol. The van der Waals surface area contributed by atoms with Crippen molar-refractivity contribution in [3.63, 3.8) is 0 Å². The molecule has 0 aliphatic heterocycles. The summed E-state index contributed by atoms with van der Waals surface area (Å²) in [5.41, 5.74) is 7.04. The van der Waals surface area contributed by atoms with Crippen molar-refractivity contribution in [1.29, 1.82) is 0 Å². The van der Waals surface area contributed by atoms with Crippen LogP contribution >= 0.6 is 11.3 Å². The maximum atomic E-state index is 12.7. The molecule has 1 aromatic carbocycles. The Morgan fingerprint density at radius 1 is 0.976 bits per heavy atom. The lowest BCUT2D eigenvalue weighted by molar-refractivity contribution is -0.146. The molecule has 0 aliphatic rings. The summed E-state index contributed by atoms with van der Waals surface area (Å²) in [6.07, 6.45) is 8.71. The molecular formula is C30H40N4O6S. The highest BCUT2D eigenvalue weighted by molar-refractivity contribution is 7.18. The van der Waals surface area contributed by atoms with Gasteiger partial charge in [0.2, 0.25) is 5.95 Å². The van der Waals surface area contributed by atoms with Crippen LogP contribution < -0.4 is 16.6 Å². The second-order valence-corrected chi connectivity index (χ2v) is 10.9. The minimum Gasteiger partial charge on any atom is -0.466 e. The average molecular weight is 585 g/mol. The minimum absolute atomic E-state index is 0.0123. The van der Waals surface area contributed by atoms with Crippen molar-refractivity contribution in [2.24, 2.45) is 0 Å². The van der Waals surface area contributed by atoms with E-state index in [1.165, 1.54) is 11.3 Å². The number of nitrogens with one attached hydrogen (secondary N) is 2. The minimum atomic E-state index is -0.919. The first-order valence-electron chi connectivity index (χ1n) is 14.3. The number of rotatable bonds is 17. The molecule has 4 N–H and O–H groups in total. The molecule has 0 radical (unpaired) electrons. The SMILES string of the molecule is CCOC(=O)CC[C@H](NC(=O)c1ccc(CCCCCCCCc2cc3c(=O)[nH]c(N)nc3s2)cc1)C(=O)OCC. The highest BCUT2D eigenvalue weighted by atomic mass is 32.1. The number of carbonyl (C=O) groups is 3. The molecule has 0 saturated heterocycles. The first kappa shape index (κ1) is 31.8. The summed E-state index contributed by atoms with van der Waals surface area (Å²) in [5.74, 6) is -1.22. The van der Waals surface area contributed by atoms with Crippen LogP contribution in [0.5, 0.6) is 0 Å². The van der Waals surface area contributed by atoms with Gasteiger partial charge in [0.1, 0.15) is 10.9 Å². The number of carbonyl (C=O) groups excluding carboxylic acids is 3. The topological polar surface area (TPSA) is 153 Å². The lowest BCUT2D eigenvalue weighted by Crippen LogP contribution is -2.42. The van der Waals surface area contributed by atoms with Crippen LogP contribution in [0.25, 0.3) is 10.2 Å². The Kier molecular flexibility index (Phi) is 12.8. The summed E-state index contributed by atoms with van der Waals surface area (Å²) >= 11 is 1.53. The molecule has 0 bridgehead atoms. The smallest absolute Gasteiger partial charge is 0.328 e. The van der Waals surface area contributed by atoms with Crippen molar-refractivity contribution in [2.75, 3.05) is 18.9 Å². The Hall–Kier alpha value is -3.73. The van der Waals surface area contributed by atoms with Crippen molar-refractivity contribution < 1.29 is 23.9 Å². The fraction of sp³-hybridized carbons (Fsp3) is 0.500. The number of aromatic nitrogens is 2. The molecule has 0 unspecified atom stereocenters. The number of nitrogen functional groups attached to an aromatic ring is 1. The third kappa shape index (κ3) is 10.3. The van der Waals surface area contributed by atoms with E-state index in [0.717, 1.165) is 61.8 Å². The first-order valence-corrected chi connectivity index (χ1v) is 15.1. The van der Waals surface area contributed by atoms with Gasteiger partial charge in [-0.15, -0.1) is 11.3 Å². The van der Waals surface area contributed by atoms with Gasteiger partial charge in [0.15, 0.2) is 0 Å². The Balaban J connectivity index is 1.34. The summed E-state index contributed by atoms with van der Waals surface area (Å²) < 4.78 is 9.97. The van der Waals surface area contributed by atoms with E-state index >= 15 is 0 Å². The van der Waals surface area contributed by atoms with Crippen LogP contribution in [0.2, 0.25) is 0 Å². The van der Waals surface area contributed by atoms with Crippen LogP contribution in [0.1, 0.15) is 86.0 Å². The van der Waals surface area contributed by atoms with Crippen LogP contribution in [0, 0.1) is 0 Å². The molecule has 1 atom stereocenters. The molecule has 10 nitrogen and oxygen atoms in total. The maximum Gasteiger partial charge on any atom is 0.328 e. The standard InChI is InChI=1S/C30H40N4O6S/c1-3-39-25(35)18-17-24(29(38)40-4-2)32-26(36)21-15-13-20(14-16-21)11-9-7-5-6-8-10-12-22-19-23-27(37)33-30(31)34-28(23)41-22/h13-16,19,24H,3-12,17-18H2,1-2H3,(H,32,36)(H3,31,33,34,37)/t24-/m0/s1.